The molecule has 16 heavy (non-hydrogen) atoms. The Bertz CT molecular complexity index is 223. The molecule has 0 aliphatic heterocycles. The van der Waals surface area contributed by atoms with Crippen LogP contribution in [0.5, 0.6) is 0 Å². The Hall–Kier alpha value is -0.370. The van der Waals surface area contributed by atoms with Gasteiger partial charge in [-0.3, -0.25) is 4.79 Å². The summed E-state index contributed by atoms with van der Waals surface area (Å²) < 4.78 is 0. The van der Waals surface area contributed by atoms with E-state index in [4.69, 9.17) is 0 Å². The molecule has 1 fully saturated rings. The number of ketones is 1. The lowest BCUT2D eigenvalue weighted by Gasteiger charge is -2.30. The van der Waals surface area contributed by atoms with Crippen molar-refractivity contribution in [2.45, 2.75) is 71.9 Å². The topological polar surface area (TPSA) is 29.1 Å². The van der Waals surface area contributed by atoms with Crippen molar-refractivity contribution in [2.24, 2.45) is 11.8 Å². The van der Waals surface area contributed by atoms with Gasteiger partial charge in [0.15, 0.2) is 0 Å². The highest BCUT2D eigenvalue weighted by molar-refractivity contribution is 5.81. The molecule has 2 unspecified atom stereocenters. The van der Waals surface area contributed by atoms with E-state index >= 15 is 0 Å². The van der Waals surface area contributed by atoms with Gasteiger partial charge in [0.2, 0.25) is 0 Å². The summed E-state index contributed by atoms with van der Waals surface area (Å²) in [6, 6.07) is 1.10. The molecule has 1 saturated carbocycles. The minimum absolute atomic E-state index is 0.326. The second kappa shape index (κ2) is 6.39. The fourth-order valence-corrected chi connectivity index (χ4v) is 2.67. The quantitative estimate of drug-likeness (QED) is 0.778. The highest BCUT2D eigenvalue weighted by Gasteiger charge is 2.27. The van der Waals surface area contributed by atoms with E-state index in [1.165, 1.54) is 12.8 Å². The molecule has 2 nitrogen and oxygen atoms in total. The highest BCUT2D eigenvalue weighted by atomic mass is 16.1. The van der Waals surface area contributed by atoms with Gasteiger partial charge in [-0.1, -0.05) is 34.1 Å². The lowest BCUT2D eigenvalue weighted by Crippen LogP contribution is -2.40. The standard InChI is InChI=1S/C14H27NO/c1-10(2)8-14(16)12-6-5-7-13(9-12)15-11(3)4/h10-13,15H,5-9H2,1-4H3. The summed E-state index contributed by atoms with van der Waals surface area (Å²) in [5, 5.41) is 3.57. The molecule has 1 rings (SSSR count). The van der Waals surface area contributed by atoms with E-state index in [1.807, 2.05) is 0 Å². The lowest BCUT2D eigenvalue weighted by atomic mass is 9.81. The predicted molar refractivity (Wildman–Crippen MR) is 68.5 cm³/mol. The number of nitrogens with one attached hydrogen (secondary N) is 1. The largest absolute Gasteiger partial charge is 0.312 e. The SMILES string of the molecule is CC(C)CC(=O)C1CCCC(NC(C)C)C1. The highest BCUT2D eigenvalue weighted by Crippen LogP contribution is 2.27. The van der Waals surface area contributed by atoms with Gasteiger partial charge >= 0.3 is 0 Å². The molecular formula is C14H27NO. The zero-order chi connectivity index (χ0) is 12.1. The van der Waals surface area contributed by atoms with Gasteiger partial charge < -0.3 is 5.32 Å². The molecule has 1 aliphatic rings. The van der Waals surface area contributed by atoms with E-state index in [0.717, 1.165) is 19.3 Å². The Balaban J connectivity index is 2.40. The average Bonchev–Trinajstić information content (AvgIpc) is 2.16. The molecule has 94 valence electrons. The van der Waals surface area contributed by atoms with Gasteiger partial charge in [0, 0.05) is 24.4 Å². The van der Waals surface area contributed by atoms with Gasteiger partial charge in [-0.05, 0) is 25.2 Å². The summed E-state index contributed by atoms with van der Waals surface area (Å²) in [6.07, 6.45) is 5.38. The van der Waals surface area contributed by atoms with Crippen LogP contribution >= 0.6 is 0 Å². The van der Waals surface area contributed by atoms with Crippen molar-refractivity contribution in [3.05, 3.63) is 0 Å². The monoisotopic (exact) mass is 225 g/mol. The van der Waals surface area contributed by atoms with Crippen molar-refractivity contribution in [1.82, 2.24) is 5.32 Å². The van der Waals surface area contributed by atoms with Crippen LogP contribution < -0.4 is 5.32 Å². The Labute approximate surface area is 100 Å². The second-order valence-electron chi connectivity index (χ2n) is 5.95. The summed E-state index contributed by atoms with van der Waals surface area (Å²) >= 11 is 0. The van der Waals surface area contributed by atoms with Gasteiger partial charge in [-0.2, -0.15) is 0 Å². The fraction of sp³-hybridized carbons (Fsp3) is 0.929. The van der Waals surface area contributed by atoms with Crippen LogP contribution in [0.1, 0.15) is 59.8 Å². The van der Waals surface area contributed by atoms with Gasteiger partial charge in [0.1, 0.15) is 5.78 Å². The smallest absolute Gasteiger partial charge is 0.136 e. The normalized spacial score (nSPS) is 26.4. The Morgan fingerprint density at radius 1 is 1.25 bits per heavy atom. The molecule has 1 N–H and O–H groups in total. The Morgan fingerprint density at radius 3 is 2.50 bits per heavy atom. The lowest BCUT2D eigenvalue weighted by molar-refractivity contribution is -0.124. The Kier molecular flexibility index (Phi) is 5.47. The molecule has 0 aromatic rings. The van der Waals surface area contributed by atoms with Gasteiger partial charge in [0.25, 0.3) is 0 Å². The van der Waals surface area contributed by atoms with Crippen molar-refractivity contribution in [1.29, 1.82) is 0 Å². The molecule has 0 aromatic heterocycles. The maximum atomic E-state index is 12.0. The second-order valence-corrected chi connectivity index (χ2v) is 5.95. The predicted octanol–water partition coefficient (Wildman–Crippen LogP) is 3.16. The van der Waals surface area contributed by atoms with Crippen molar-refractivity contribution in [3.8, 4) is 0 Å². The molecule has 0 saturated heterocycles. The number of hydrogen-bond acceptors (Lipinski definition) is 2. The number of rotatable bonds is 5. The van der Waals surface area contributed by atoms with E-state index < -0.39 is 0 Å². The fourth-order valence-electron chi connectivity index (χ4n) is 2.67. The molecule has 1 aliphatic carbocycles. The molecule has 2 heteroatoms. The van der Waals surface area contributed by atoms with E-state index in [9.17, 15) is 4.79 Å². The third-order valence-corrected chi connectivity index (χ3v) is 3.31. The first kappa shape index (κ1) is 13.7. The van der Waals surface area contributed by atoms with E-state index in [0.29, 0.717) is 29.7 Å². The number of Topliss-reactive ketones (excluding diaryl/α,β-unsaturated/α-hetero) is 1. The third kappa shape index (κ3) is 4.65. The van der Waals surface area contributed by atoms with Gasteiger partial charge in [-0.25, -0.2) is 0 Å². The van der Waals surface area contributed by atoms with Crippen LogP contribution in [0.3, 0.4) is 0 Å². The molecule has 0 spiro atoms. The summed E-state index contributed by atoms with van der Waals surface area (Å²) in [5.74, 6) is 1.32. The molecule has 0 bridgehead atoms. The van der Waals surface area contributed by atoms with E-state index in [-0.39, 0.29) is 0 Å². The first-order valence-corrected chi connectivity index (χ1v) is 6.77. The van der Waals surface area contributed by atoms with Crippen LogP contribution in [-0.2, 0) is 4.79 Å². The van der Waals surface area contributed by atoms with Gasteiger partial charge in [0.05, 0.1) is 0 Å². The molecule has 0 aromatic carbocycles. The van der Waals surface area contributed by atoms with Crippen molar-refractivity contribution >= 4 is 5.78 Å². The van der Waals surface area contributed by atoms with Crippen LogP contribution in [0.15, 0.2) is 0 Å². The van der Waals surface area contributed by atoms with Crippen LogP contribution in [0.2, 0.25) is 0 Å². The average molecular weight is 225 g/mol. The molecule has 0 amide bonds. The number of carbonyl (C=O) groups excluding carboxylic acids is 1. The maximum absolute atomic E-state index is 12.0. The zero-order valence-electron chi connectivity index (χ0n) is 11.3. The minimum Gasteiger partial charge on any atom is -0.312 e. The third-order valence-electron chi connectivity index (χ3n) is 3.31. The minimum atomic E-state index is 0.326. The summed E-state index contributed by atoms with van der Waals surface area (Å²) in [6.45, 7) is 8.62. The first-order chi connectivity index (χ1) is 7.49. The van der Waals surface area contributed by atoms with Crippen LogP contribution in [0, 0.1) is 11.8 Å². The van der Waals surface area contributed by atoms with Crippen LogP contribution in [0.25, 0.3) is 0 Å². The van der Waals surface area contributed by atoms with Crippen molar-refractivity contribution < 1.29 is 4.79 Å². The molecule has 2 atom stereocenters. The number of hydrogen-bond donors (Lipinski definition) is 1. The van der Waals surface area contributed by atoms with Gasteiger partial charge in [-0.15, -0.1) is 0 Å². The van der Waals surface area contributed by atoms with Crippen molar-refractivity contribution in [2.75, 3.05) is 0 Å². The first-order valence-electron chi connectivity index (χ1n) is 6.77. The summed E-state index contributed by atoms with van der Waals surface area (Å²) in [4.78, 5) is 12.0. The molecule has 0 radical (unpaired) electrons. The zero-order valence-corrected chi connectivity index (χ0v) is 11.3. The van der Waals surface area contributed by atoms with E-state index in [1.54, 1.807) is 0 Å². The maximum Gasteiger partial charge on any atom is 0.136 e. The molecule has 0 heterocycles. The van der Waals surface area contributed by atoms with Crippen LogP contribution in [0.4, 0.5) is 0 Å². The van der Waals surface area contributed by atoms with Crippen molar-refractivity contribution in [3.63, 3.8) is 0 Å². The number of carbonyl (C=O) groups is 1. The molecular weight excluding hydrogens is 198 g/mol. The van der Waals surface area contributed by atoms with E-state index in [2.05, 4.69) is 33.0 Å². The Morgan fingerprint density at radius 2 is 1.94 bits per heavy atom. The summed E-state index contributed by atoms with van der Waals surface area (Å²) in [7, 11) is 0. The van der Waals surface area contributed by atoms with Crippen LogP contribution in [-0.4, -0.2) is 17.9 Å². The summed E-state index contributed by atoms with van der Waals surface area (Å²) in [5.41, 5.74) is 0.